The minimum absolute atomic E-state index is 0.0558. The van der Waals surface area contributed by atoms with E-state index >= 15 is 0 Å². The molecule has 88 valence electrons. The number of H-pyrrole nitrogens is 1. The number of aromatic nitrogens is 2. The summed E-state index contributed by atoms with van der Waals surface area (Å²) in [6.45, 7) is 1.68. The molecule has 0 unspecified atom stereocenters. The number of benzene rings is 1. The van der Waals surface area contributed by atoms with Gasteiger partial charge in [0, 0.05) is 18.5 Å². The highest BCUT2D eigenvalue weighted by atomic mass is 16.2. The number of likely N-dealkylation sites (tertiary alicyclic amines) is 1. The molecule has 1 aromatic carbocycles. The summed E-state index contributed by atoms with van der Waals surface area (Å²) in [6.07, 6.45) is 2.18. The third-order valence-corrected chi connectivity index (χ3v) is 3.09. The average molecular weight is 230 g/mol. The van der Waals surface area contributed by atoms with Crippen LogP contribution in [0.1, 0.15) is 12.8 Å². The second kappa shape index (κ2) is 4.08. The van der Waals surface area contributed by atoms with E-state index in [0.717, 1.165) is 36.8 Å². The van der Waals surface area contributed by atoms with Crippen LogP contribution in [-0.2, 0) is 0 Å². The molecule has 0 radical (unpaired) electrons. The van der Waals surface area contributed by atoms with Crippen LogP contribution in [0.2, 0.25) is 0 Å². The number of carbonyl (C=O) groups is 1. The van der Waals surface area contributed by atoms with Gasteiger partial charge in [-0.05, 0) is 25.0 Å². The van der Waals surface area contributed by atoms with Crippen molar-refractivity contribution < 1.29 is 4.79 Å². The minimum atomic E-state index is -0.0558. The van der Waals surface area contributed by atoms with Gasteiger partial charge >= 0.3 is 6.03 Å². The number of rotatable bonds is 1. The smallest absolute Gasteiger partial charge is 0.323 e. The van der Waals surface area contributed by atoms with Crippen molar-refractivity contribution in [1.29, 1.82) is 0 Å². The average Bonchev–Trinajstić information content (AvgIpc) is 2.98. The maximum absolute atomic E-state index is 11.9. The first-order valence-corrected chi connectivity index (χ1v) is 5.83. The summed E-state index contributed by atoms with van der Waals surface area (Å²) in [5.41, 5.74) is 0.934. The molecule has 2 amide bonds. The molecule has 0 atom stereocenters. The SMILES string of the molecule is O=C(Nc1n[nH]c2ccccc12)N1CCCC1. The third-order valence-electron chi connectivity index (χ3n) is 3.09. The lowest BCUT2D eigenvalue weighted by Crippen LogP contribution is -2.32. The maximum atomic E-state index is 11.9. The van der Waals surface area contributed by atoms with E-state index in [9.17, 15) is 4.79 Å². The molecule has 0 aliphatic carbocycles. The van der Waals surface area contributed by atoms with Crippen LogP contribution >= 0.6 is 0 Å². The van der Waals surface area contributed by atoms with Crippen molar-refractivity contribution in [2.24, 2.45) is 0 Å². The van der Waals surface area contributed by atoms with E-state index in [-0.39, 0.29) is 6.03 Å². The summed E-state index contributed by atoms with van der Waals surface area (Å²) in [6, 6.07) is 7.70. The first-order chi connectivity index (χ1) is 8.34. The van der Waals surface area contributed by atoms with E-state index in [1.54, 1.807) is 0 Å². The minimum Gasteiger partial charge on any atom is -0.324 e. The zero-order chi connectivity index (χ0) is 11.7. The molecule has 5 nitrogen and oxygen atoms in total. The summed E-state index contributed by atoms with van der Waals surface area (Å²) in [7, 11) is 0. The highest BCUT2D eigenvalue weighted by Crippen LogP contribution is 2.20. The second-order valence-electron chi connectivity index (χ2n) is 4.24. The van der Waals surface area contributed by atoms with Crippen LogP contribution in [0.4, 0.5) is 10.6 Å². The predicted octanol–water partition coefficient (Wildman–Crippen LogP) is 2.19. The molecule has 0 spiro atoms. The van der Waals surface area contributed by atoms with Crippen molar-refractivity contribution in [3.63, 3.8) is 0 Å². The predicted molar refractivity (Wildman–Crippen MR) is 65.9 cm³/mol. The number of aromatic amines is 1. The zero-order valence-electron chi connectivity index (χ0n) is 9.44. The largest absolute Gasteiger partial charge is 0.324 e. The topological polar surface area (TPSA) is 61.0 Å². The van der Waals surface area contributed by atoms with Gasteiger partial charge in [0.05, 0.1) is 5.52 Å². The van der Waals surface area contributed by atoms with Crippen molar-refractivity contribution in [3.05, 3.63) is 24.3 Å². The number of anilines is 1. The molecule has 17 heavy (non-hydrogen) atoms. The van der Waals surface area contributed by atoms with Crippen LogP contribution in [0.5, 0.6) is 0 Å². The first-order valence-electron chi connectivity index (χ1n) is 5.83. The Morgan fingerprint density at radius 2 is 2.06 bits per heavy atom. The number of hydrogen-bond acceptors (Lipinski definition) is 2. The van der Waals surface area contributed by atoms with E-state index in [1.165, 1.54) is 0 Å². The second-order valence-corrected chi connectivity index (χ2v) is 4.24. The molecule has 2 heterocycles. The molecule has 1 aliphatic heterocycles. The molecule has 1 saturated heterocycles. The first kappa shape index (κ1) is 10.1. The van der Waals surface area contributed by atoms with Gasteiger partial charge in [0.1, 0.15) is 0 Å². The molecule has 1 aliphatic rings. The highest BCUT2D eigenvalue weighted by molar-refractivity contribution is 5.98. The molecular weight excluding hydrogens is 216 g/mol. The number of hydrogen-bond donors (Lipinski definition) is 2. The Morgan fingerprint density at radius 1 is 1.29 bits per heavy atom. The van der Waals surface area contributed by atoms with Crippen molar-refractivity contribution in [2.45, 2.75) is 12.8 Å². The van der Waals surface area contributed by atoms with Gasteiger partial charge in [-0.2, -0.15) is 5.10 Å². The maximum Gasteiger partial charge on any atom is 0.323 e. The Labute approximate surface area is 98.8 Å². The van der Waals surface area contributed by atoms with E-state index in [4.69, 9.17) is 0 Å². The molecule has 1 aromatic heterocycles. The van der Waals surface area contributed by atoms with Crippen molar-refractivity contribution >= 4 is 22.8 Å². The quantitative estimate of drug-likeness (QED) is 0.788. The fourth-order valence-corrected chi connectivity index (χ4v) is 2.16. The summed E-state index contributed by atoms with van der Waals surface area (Å²) < 4.78 is 0. The Bertz CT molecular complexity index is 542. The summed E-state index contributed by atoms with van der Waals surface area (Å²) in [4.78, 5) is 13.7. The molecule has 1 fully saturated rings. The number of fused-ring (bicyclic) bond motifs is 1. The number of para-hydroxylation sites is 1. The number of nitrogens with zero attached hydrogens (tertiary/aromatic N) is 2. The normalized spacial score (nSPS) is 15.4. The fourth-order valence-electron chi connectivity index (χ4n) is 2.16. The van der Waals surface area contributed by atoms with Crippen LogP contribution in [0.15, 0.2) is 24.3 Å². The van der Waals surface area contributed by atoms with Gasteiger partial charge in [0.25, 0.3) is 0 Å². The van der Waals surface area contributed by atoms with Gasteiger partial charge in [-0.1, -0.05) is 12.1 Å². The molecule has 3 rings (SSSR count). The van der Waals surface area contributed by atoms with Gasteiger partial charge in [-0.25, -0.2) is 4.79 Å². The Kier molecular flexibility index (Phi) is 2.44. The van der Waals surface area contributed by atoms with E-state index in [1.807, 2.05) is 29.2 Å². The molecular formula is C12H14N4O. The number of amides is 2. The van der Waals surface area contributed by atoms with Gasteiger partial charge in [0.15, 0.2) is 5.82 Å². The monoisotopic (exact) mass is 230 g/mol. The van der Waals surface area contributed by atoms with Crippen LogP contribution in [-0.4, -0.2) is 34.2 Å². The molecule has 5 heteroatoms. The number of nitrogens with one attached hydrogen (secondary N) is 2. The van der Waals surface area contributed by atoms with E-state index in [0.29, 0.717) is 5.82 Å². The zero-order valence-corrected chi connectivity index (χ0v) is 9.44. The molecule has 0 bridgehead atoms. The summed E-state index contributed by atoms with van der Waals surface area (Å²) in [5, 5.41) is 10.8. The standard InChI is InChI=1S/C12H14N4O/c17-12(16-7-3-4-8-16)13-11-9-5-1-2-6-10(9)14-15-11/h1-2,5-6H,3-4,7-8H2,(H2,13,14,15,17). The lowest BCUT2D eigenvalue weighted by molar-refractivity contribution is 0.222. The van der Waals surface area contributed by atoms with Crippen molar-refractivity contribution in [1.82, 2.24) is 15.1 Å². The van der Waals surface area contributed by atoms with E-state index in [2.05, 4.69) is 15.5 Å². The Balaban J connectivity index is 1.82. The van der Waals surface area contributed by atoms with E-state index < -0.39 is 0 Å². The van der Waals surface area contributed by atoms with Crippen molar-refractivity contribution in [2.75, 3.05) is 18.4 Å². The third kappa shape index (κ3) is 1.84. The Hall–Kier alpha value is -2.04. The molecule has 2 aromatic rings. The van der Waals surface area contributed by atoms with Crippen molar-refractivity contribution in [3.8, 4) is 0 Å². The van der Waals surface area contributed by atoms with Crippen LogP contribution in [0.25, 0.3) is 10.9 Å². The molecule has 0 saturated carbocycles. The number of carbonyl (C=O) groups excluding carboxylic acids is 1. The van der Waals surface area contributed by atoms with Crippen LogP contribution in [0, 0.1) is 0 Å². The van der Waals surface area contributed by atoms with Gasteiger partial charge < -0.3 is 4.90 Å². The number of urea groups is 1. The summed E-state index contributed by atoms with van der Waals surface area (Å²) in [5.74, 6) is 0.609. The summed E-state index contributed by atoms with van der Waals surface area (Å²) >= 11 is 0. The fraction of sp³-hybridized carbons (Fsp3) is 0.333. The highest BCUT2D eigenvalue weighted by Gasteiger charge is 2.19. The van der Waals surface area contributed by atoms with Crippen LogP contribution in [0.3, 0.4) is 0 Å². The van der Waals surface area contributed by atoms with Gasteiger partial charge in [-0.3, -0.25) is 10.4 Å². The Morgan fingerprint density at radius 3 is 2.88 bits per heavy atom. The van der Waals surface area contributed by atoms with Crippen LogP contribution < -0.4 is 5.32 Å². The lowest BCUT2D eigenvalue weighted by atomic mass is 10.2. The molecule has 2 N–H and O–H groups in total. The lowest BCUT2D eigenvalue weighted by Gasteiger charge is -2.14. The van der Waals surface area contributed by atoms with Gasteiger partial charge in [0.2, 0.25) is 0 Å². The van der Waals surface area contributed by atoms with Gasteiger partial charge in [-0.15, -0.1) is 0 Å².